The Hall–Kier alpha value is -2.56. The summed E-state index contributed by atoms with van der Waals surface area (Å²) in [5.74, 6) is -0.589. The van der Waals surface area contributed by atoms with Gasteiger partial charge >= 0.3 is 0 Å². The van der Waals surface area contributed by atoms with Crippen LogP contribution in [-0.2, 0) is 14.8 Å². The van der Waals surface area contributed by atoms with Crippen molar-refractivity contribution in [3.8, 4) is 0 Å². The zero-order valence-electron chi connectivity index (χ0n) is 19.9. The summed E-state index contributed by atoms with van der Waals surface area (Å²) >= 11 is 1.08. The second-order valence-corrected chi connectivity index (χ2v) is 12.2. The first-order valence-corrected chi connectivity index (χ1v) is 14.4. The van der Waals surface area contributed by atoms with E-state index < -0.39 is 10.0 Å². The average Bonchev–Trinajstić information content (AvgIpc) is 3.21. The van der Waals surface area contributed by atoms with Crippen molar-refractivity contribution < 1.29 is 22.8 Å². The molecule has 0 spiro atoms. The van der Waals surface area contributed by atoms with Crippen molar-refractivity contribution in [3.05, 3.63) is 46.8 Å². The number of hydrogen-bond donors (Lipinski definition) is 1. The fraction of sp³-hybridized carbons (Fsp3) is 0.480. The topological polar surface area (TPSA) is 104 Å². The number of hydrogen-bond acceptors (Lipinski definition) is 6. The SMILES string of the molecule is CC(=O)c1ccc(NC(=O)C2CCN(S(=O)(=O)c3cc(C(=O)N4CCCCCC4)cs3)CC2)cc1. The molecule has 2 aliphatic rings. The highest BCUT2D eigenvalue weighted by molar-refractivity contribution is 7.91. The summed E-state index contributed by atoms with van der Waals surface area (Å²) in [7, 11) is -3.72. The summed E-state index contributed by atoms with van der Waals surface area (Å²) < 4.78 is 28.0. The Balaban J connectivity index is 1.34. The number of sulfonamides is 1. The van der Waals surface area contributed by atoms with E-state index in [1.807, 2.05) is 4.90 Å². The Bertz CT molecular complexity index is 1170. The van der Waals surface area contributed by atoms with Gasteiger partial charge < -0.3 is 10.2 Å². The number of amides is 2. The Morgan fingerprint density at radius 1 is 0.914 bits per heavy atom. The molecule has 0 atom stereocenters. The molecule has 0 bridgehead atoms. The van der Waals surface area contributed by atoms with Gasteiger partial charge in [-0.05, 0) is 62.9 Å². The summed E-state index contributed by atoms with van der Waals surface area (Å²) in [5, 5.41) is 4.49. The van der Waals surface area contributed by atoms with Crippen molar-refractivity contribution in [2.75, 3.05) is 31.5 Å². The largest absolute Gasteiger partial charge is 0.339 e. The minimum Gasteiger partial charge on any atom is -0.339 e. The quantitative estimate of drug-likeness (QED) is 0.583. The third-order valence-corrected chi connectivity index (χ3v) is 10.0. The monoisotopic (exact) mass is 517 g/mol. The van der Waals surface area contributed by atoms with E-state index in [-0.39, 0.29) is 40.8 Å². The first-order valence-electron chi connectivity index (χ1n) is 12.1. The van der Waals surface area contributed by atoms with Crippen molar-refractivity contribution >= 4 is 44.6 Å². The molecule has 3 heterocycles. The Morgan fingerprint density at radius 3 is 2.14 bits per heavy atom. The molecule has 10 heteroatoms. The van der Waals surface area contributed by atoms with Crippen LogP contribution in [0.5, 0.6) is 0 Å². The molecule has 0 saturated carbocycles. The van der Waals surface area contributed by atoms with Gasteiger partial charge in [0.2, 0.25) is 5.91 Å². The van der Waals surface area contributed by atoms with Crippen LogP contribution in [0.4, 0.5) is 5.69 Å². The van der Waals surface area contributed by atoms with Crippen LogP contribution >= 0.6 is 11.3 Å². The van der Waals surface area contributed by atoms with Gasteiger partial charge in [-0.1, -0.05) is 12.8 Å². The minimum absolute atomic E-state index is 0.0411. The summed E-state index contributed by atoms with van der Waals surface area (Å²) in [4.78, 5) is 38.8. The number of anilines is 1. The van der Waals surface area contributed by atoms with Crippen LogP contribution < -0.4 is 5.32 Å². The molecule has 1 N–H and O–H groups in total. The fourth-order valence-electron chi connectivity index (χ4n) is 4.54. The fourth-order valence-corrected chi connectivity index (χ4v) is 7.31. The van der Waals surface area contributed by atoms with Crippen molar-refractivity contribution in [2.24, 2.45) is 5.92 Å². The number of Topliss-reactive ketones (excluding diaryl/α,β-unsaturated/α-hetero) is 1. The molecule has 35 heavy (non-hydrogen) atoms. The third kappa shape index (κ3) is 5.99. The lowest BCUT2D eigenvalue weighted by Crippen LogP contribution is -2.41. The first-order chi connectivity index (χ1) is 16.8. The smallest absolute Gasteiger partial charge is 0.254 e. The van der Waals surface area contributed by atoms with Gasteiger partial charge in [0.25, 0.3) is 15.9 Å². The van der Waals surface area contributed by atoms with E-state index in [4.69, 9.17) is 0 Å². The highest BCUT2D eigenvalue weighted by Gasteiger charge is 2.33. The van der Waals surface area contributed by atoms with E-state index in [1.54, 1.807) is 29.6 Å². The Morgan fingerprint density at radius 2 is 1.54 bits per heavy atom. The van der Waals surface area contributed by atoms with Gasteiger partial charge in [-0.15, -0.1) is 11.3 Å². The van der Waals surface area contributed by atoms with E-state index in [0.29, 0.717) is 42.7 Å². The molecular weight excluding hydrogens is 486 g/mol. The molecule has 0 unspecified atom stereocenters. The van der Waals surface area contributed by atoms with E-state index in [2.05, 4.69) is 5.32 Å². The molecule has 2 aliphatic heterocycles. The zero-order chi connectivity index (χ0) is 25.0. The molecule has 4 rings (SSSR count). The molecule has 0 aliphatic carbocycles. The van der Waals surface area contributed by atoms with Crippen LogP contribution in [0.3, 0.4) is 0 Å². The van der Waals surface area contributed by atoms with Gasteiger partial charge in [-0.3, -0.25) is 14.4 Å². The average molecular weight is 518 g/mol. The van der Waals surface area contributed by atoms with Crippen molar-refractivity contribution in [2.45, 2.75) is 49.7 Å². The molecule has 2 aromatic rings. The van der Waals surface area contributed by atoms with E-state index >= 15 is 0 Å². The molecule has 2 amide bonds. The number of nitrogens with one attached hydrogen (secondary N) is 1. The van der Waals surface area contributed by atoms with Crippen molar-refractivity contribution in [3.63, 3.8) is 0 Å². The molecular formula is C25H31N3O5S2. The van der Waals surface area contributed by atoms with Gasteiger partial charge in [-0.25, -0.2) is 8.42 Å². The second kappa shape index (κ2) is 11.0. The highest BCUT2D eigenvalue weighted by Crippen LogP contribution is 2.29. The van der Waals surface area contributed by atoms with E-state index in [1.165, 1.54) is 17.3 Å². The van der Waals surface area contributed by atoms with Gasteiger partial charge in [0.1, 0.15) is 4.21 Å². The van der Waals surface area contributed by atoms with Crippen LogP contribution in [0, 0.1) is 5.92 Å². The highest BCUT2D eigenvalue weighted by atomic mass is 32.2. The maximum Gasteiger partial charge on any atom is 0.254 e. The Labute approximate surface area is 210 Å². The number of rotatable bonds is 6. The van der Waals surface area contributed by atoms with Crippen LogP contribution in [0.1, 0.15) is 66.2 Å². The number of carbonyl (C=O) groups is 3. The number of carbonyl (C=O) groups excluding carboxylic acids is 3. The molecule has 2 fully saturated rings. The van der Waals surface area contributed by atoms with Crippen LogP contribution in [0.25, 0.3) is 0 Å². The third-order valence-electron chi connectivity index (χ3n) is 6.69. The number of piperidine rings is 1. The normalized spacial score (nSPS) is 18.1. The lowest BCUT2D eigenvalue weighted by Gasteiger charge is -2.30. The first kappa shape index (κ1) is 25.5. The van der Waals surface area contributed by atoms with Gasteiger partial charge in [0, 0.05) is 48.7 Å². The molecule has 1 aromatic carbocycles. The van der Waals surface area contributed by atoms with Crippen molar-refractivity contribution in [1.82, 2.24) is 9.21 Å². The summed E-state index contributed by atoms with van der Waals surface area (Å²) in [6.45, 7) is 3.41. The van der Waals surface area contributed by atoms with Gasteiger partial charge in [0.05, 0.1) is 5.56 Å². The van der Waals surface area contributed by atoms with E-state index in [0.717, 1.165) is 37.0 Å². The van der Waals surface area contributed by atoms with Crippen LogP contribution in [0.15, 0.2) is 39.9 Å². The molecule has 0 radical (unpaired) electrons. The second-order valence-electron chi connectivity index (χ2n) is 9.16. The van der Waals surface area contributed by atoms with Crippen LogP contribution in [0.2, 0.25) is 0 Å². The number of thiophene rings is 1. The maximum absolute atomic E-state index is 13.2. The summed E-state index contributed by atoms with van der Waals surface area (Å²) in [6.07, 6.45) is 5.03. The summed E-state index contributed by atoms with van der Waals surface area (Å²) in [5.41, 5.74) is 1.61. The predicted octanol–water partition coefficient (Wildman–Crippen LogP) is 4.01. The number of likely N-dealkylation sites (tertiary alicyclic amines) is 1. The van der Waals surface area contributed by atoms with E-state index in [9.17, 15) is 22.8 Å². The molecule has 2 saturated heterocycles. The molecule has 1 aromatic heterocycles. The molecule has 8 nitrogen and oxygen atoms in total. The predicted molar refractivity (Wildman–Crippen MR) is 135 cm³/mol. The van der Waals surface area contributed by atoms with Gasteiger partial charge in [-0.2, -0.15) is 4.31 Å². The standard InChI is InChI=1S/C25H31N3O5S2/c1-18(29)19-6-8-22(9-7-19)26-24(30)20-10-14-28(15-11-20)35(32,33)23-16-21(17-34-23)25(31)27-12-4-2-3-5-13-27/h6-9,16-17,20H,2-5,10-15H2,1H3,(H,26,30). The summed E-state index contributed by atoms with van der Waals surface area (Å²) in [6, 6.07) is 8.21. The number of benzene rings is 1. The lowest BCUT2D eigenvalue weighted by atomic mass is 9.97. The van der Waals surface area contributed by atoms with Crippen molar-refractivity contribution in [1.29, 1.82) is 0 Å². The van der Waals surface area contributed by atoms with Crippen LogP contribution in [-0.4, -0.2) is 61.4 Å². The number of nitrogens with zero attached hydrogens (tertiary/aromatic N) is 2. The number of ketones is 1. The molecule has 188 valence electrons. The minimum atomic E-state index is -3.72. The maximum atomic E-state index is 13.2. The van der Waals surface area contributed by atoms with Gasteiger partial charge in [0.15, 0.2) is 5.78 Å². The Kier molecular flexibility index (Phi) is 8.03. The lowest BCUT2D eigenvalue weighted by molar-refractivity contribution is -0.120. The zero-order valence-corrected chi connectivity index (χ0v) is 21.5.